The number of rotatable bonds is 8. The third-order valence-electron chi connectivity index (χ3n) is 5.19. The summed E-state index contributed by atoms with van der Waals surface area (Å²) < 4.78 is 46.4. The first-order valence-electron chi connectivity index (χ1n) is 10.3. The zero-order valence-electron chi connectivity index (χ0n) is 18.0. The fourth-order valence-corrected chi connectivity index (χ4v) is 5.43. The summed E-state index contributed by atoms with van der Waals surface area (Å²) in [6.45, 7) is 6.18. The quantitative estimate of drug-likeness (QED) is 0.408. The maximum atomic E-state index is 13.4. The van der Waals surface area contributed by atoms with Gasteiger partial charge in [-0.3, -0.25) is 9.10 Å². The molecule has 0 spiro atoms. The van der Waals surface area contributed by atoms with Gasteiger partial charge in [0, 0.05) is 13.1 Å². The van der Waals surface area contributed by atoms with Gasteiger partial charge in [-0.05, 0) is 62.2 Å². The van der Waals surface area contributed by atoms with Crippen molar-refractivity contribution in [3.05, 3.63) is 71.5 Å². The number of hydrogen-bond donors (Lipinski definition) is 0. The van der Waals surface area contributed by atoms with Crippen LogP contribution in [0.5, 0.6) is 0 Å². The van der Waals surface area contributed by atoms with Crippen molar-refractivity contribution < 1.29 is 27.1 Å². The predicted molar refractivity (Wildman–Crippen MR) is 123 cm³/mol. The van der Waals surface area contributed by atoms with Gasteiger partial charge in [-0.1, -0.05) is 17.7 Å². The average molecular weight is 495 g/mol. The number of esters is 1. The van der Waals surface area contributed by atoms with E-state index in [0.717, 1.165) is 35.3 Å². The zero-order chi connectivity index (χ0) is 24.2. The van der Waals surface area contributed by atoms with Gasteiger partial charge >= 0.3 is 5.97 Å². The first kappa shape index (κ1) is 24.7. The standard InChI is InChI=1S/C23H24ClFN2O5S/c1-3-12-27(19-9-7-18(25)8-10-19)33(30,31)21-15-17(6-11-20(21)24)23(29)32-16(2)22(28)26-13-4-5-14-26/h3,6-11,15-16H,1,4-5,12-14H2,2H3. The van der Waals surface area contributed by atoms with Crippen LogP contribution in [0, 0.1) is 5.82 Å². The normalized spacial score (nSPS) is 14.6. The summed E-state index contributed by atoms with van der Waals surface area (Å²) in [5, 5.41) is -0.107. The van der Waals surface area contributed by atoms with E-state index in [1.165, 1.54) is 37.3 Å². The summed E-state index contributed by atoms with van der Waals surface area (Å²) in [7, 11) is -4.25. The number of halogens is 2. The molecular formula is C23H24ClFN2O5S. The number of nitrogens with zero attached hydrogens (tertiary/aromatic N) is 2. The molecule has 0 N–H and O–H groups in total. The average Bonchev–Trinajstić information content (AvgIpc) is 3.32. The van der Waals surface area contributed by atoms with E-state index in [0.29, 0.717) is 13.1 Å². The van der Waals surface area contributed by atoms with Gasteiger partial charge in [0.25, 0.3) is 15.9 Å². The van der Waals surface area contributed by atoms with Gasteiger partial charge in [0.05, 0.1) is 22.8 Å². The zero-order valence-corrected chi connectivity index (χ0v) is 19.6. The number of carbonyl (C=O) groups is 2. The molecule has 0 saturated carbocycles. The van der Waals surface area contributed by atoms with E-state index >= 15 is 0 Å². The minimum atomic E-state index is -4.25. The lowest BCUT2D eigenvalue weighted by Crippen LogP contribution is -2.38. The van der Waals surface area contributed by atoms with E-state index < -0.39 is 27.9 Å². The van der Waals surface area contributed by atoms with E-state index in [2.05, 4.69) is 6.58 Å². The Morgan fingerprint density at radius 2 is 1.85 bits per heavy atom. The third kappa shape index (κ3) is 5.54. The summed E-state index contributed by atoms with van der Waals surface area (Å²) in [4.78, 5) is 26.4. The summed E-state index contributed by atoms with van der Waals surface area (Å²) in [5.41, 5.74) is 0.127. The number of anilines is 1. The molecule has 1 unspecified atom stereocenters. The molecule has 7 nitrogen and oxygen atoms in total. The third-order valence-corrected chi connectivity index (χ3v) is 7.47. The highest BCUT2D eigenvalue weighted by atomic mass is 35.5. The van der Waals surface area contributed by atoms with E-state index in [9.17, 15) is 22.4 Å². The lowest BCUT2D eigenvalue weighted by Gasteiger charge is -2.24. The molecule has 1 amide bonds. The molecule has 1 aliphatic heterocycles. The Morgan fingerprint density at radius 3 is 2.45 bits per heavy atom. The molecule has 2 aromatic rings. The van der Waals surface area contributed by atoms with Gasteiger partial charge in [0.15, 0.2) is 6.10 Å². The monoisotopic (exact) mass is 494 g/mol. The number of likely N-dealkylation sites (tertiary alicyclic amines) is 1. The Bertz CT molecular complexity index is 1150. The van der Waals surface area contributed by atoms with Crippen molar-refractivity contribution in [3.8, 4) is 0 Å². The second-order valence-corrected chi connectivity index (χ2v) is 9.76. The van der Waals surface area contributed by atoms with Crippen LogP contribution in [0.15, 0.2) is 60.0 Å². The summed E-state index contributed by atoms with van der Waals surface area (Å²) in [6, 6.07) is 8.60. The van der Waals surface area contributed by atoms with Gasteiger partial charge in [-0.25, -0.2) is 17.6 Å². The summed E-state index contributed by atoms with van der Waals surface area (Å²) in [5.74, 6) is -1.66. The van der Waals surface area contributed by atoms with Gasteiger partial charge in [0.2, 0.25) is 0 Å². The molecule has 1 saturated heterocycles. The highest BCUT2D eigenvalue weighted by Crippen LogP contribution is 2.30. The second kappa shape index (κ2) is 10.4. The van der Waals surface area contributed by atoms with Crippen LogP contribution in [0.2, 0.25) is 5.02 Å². The second-order valence-electron chi connectivity index (χ2n) is 7.53. The number of hydrogen-bond acceptors (Lipinski definition) is 5. The molecule has 0 aliphatic carbocycles. The number of ether oxygens (including phenoxy) is 1. The van der Waals surface area contributed by atoms with Gasteiger partial charge < -0.3 is 9.64 Å². The largest absolute Gasteiger partial charge is 0.449 e. The van der Waals surface area contributed by atoms with Crippen LogP contribution in [0.1, 0.15) is 30.1 Å². The van der Waals surface area contributed by atoms with Crippen molar-refractivity contribution >= 4 is 39.2 Å². The molecule has 1 aliphatic rings. The van der Waals surface area contributed by atoms with Crippen molar-refractivity contribution in [2.75, 3.05) is 23.9 Å². The molecule has 0 bridgehead atoms. The van der Waals surface area contributed by atoms with Crippen LogP contribution in [0.4, 0.5) is 10.1 Å². The maximum absolute atomic E-state index is 13.4. The van der Waals surface area contributed by atoms with Crippen LogP contribution in [-0.4, -0.2) is 50.9 Å². The van der Waals surface area contributed by atoms with Crippen LogP contribution < -0.4 is 4.31 Å². The smallest absolute Gasteiger partial charge is 0.338 e. The molecule has 3 rings (SSSR count). The number of amides is 1. The van der Waals surface area contributed by atoms with E-state index in [1.807, 2.05) is 0 Å². The van der Waals surface area contributed by atoms with E-state index in [4.69, 9.17) is 16.3 Å². The molecule has 2 aromatic carbocycles. The van der Waals surface area contributed by atoms with Crippen LogP contribution in [-0.2, 0) is 19.6 Å². The van der Waals surface area contributed by atoms with Crippen molar-refractivity contribution in [1.29, 1.82) is 0 Å². The Balaban J connectivity index is 1.88. The molecule has 176 valence electrons. The molecule has 10 heteroatoms. The Morgan fingerprint density at radius 1 is 1.21 bits per heavy atom. The van der Waals surface area contributed by atoms with Crippen molar-refractivity contribution in [2.45, 2.75) is 30.8 Å². The first-order valence-corrected chi connectivity index (χ1v) is 12.2. The Labute approximate surface area is 197 Å². The Kier molecular flexibility index (Phi) is 7.76. The molecule has 1 atom stereocenters. The van der Waals surface area contributed by atoms with E-state index in [1.54, 1.807) is 4.90 Å². The molecule has 0 aromatic heterocycles. The highest BCUT2D eigenvalue weighted by molar-refractivity contribution is 7.93. The minimum absolute atomic E-state index is 0.0725. The first-order chi connectivity index (χ1) is 15.6. The van der Waals surface area contributed by atoms with Crippen LogP contribution >= 0.6 is 11.6 Å². The molecule has 33 heavy (non-hydrogen) atoms. The molecule has 0 radical (unpaired) electrons. The summed E-state index contributed by atoms with van der Waals surface area (Å²) in [6.07, 6.45) is 2.17. The van der Waals surface area contributed by atoms with Gasteiger partial charge in [-0.2, -0.15) is 0 Å². The van der Waals surface area contributed by atoms with Gasteiger partial charge in [0.1, 0.15) is 10.7 Å². The fraction of sp³-hybridized carbons (Fsp3) is 0.304. The van der Waals surface area contributed by atoms with Crippen molar-refractivity contribution in [3.63, 3.8) is 0 Å². The van der Waals surface area contributed by atoms with Crippen LogP contribution in [0.25, 0.3) is 0 Å². The number of sulfonamides is 1. The number of benzene rings is 2. The lowest BCUT2D eigenvalue weighted by molar-refractivity contribution is -0.138. The highest BCUT2D eigenvalue weighted by Gasteiger charge is 2.30. The predicted octanol–water partition coefficient (Wildman–Crippen LogP) is 4.03. The van der Waals surface area contributed by atoms with Crippen molar-refractivity contribution in [2.24, 2.45) is 0 Å². The number of carbonyl (C=O) groups excluding carboxylic acids is 2. The van der Waals surface area contributed by atoms with E-state index in [-0.39, 0.29) is 33.6 Å². The topological polar surface area (TPSA) is 84.0 Å². The molecule has 1 fully saturated rings. The van der Waals surface area contributed by atoms with Crippen molar-refractivity contribution in [1.82, 2.24) is 4.90 Å². The Hall–Kier alpha value is -2.91. The SMILES string of the molecule is C=CCN(c1ccc(F)cc1)S(=O)(=O)c1cc(C(=O)OC(C)C(=O)N2CCCC2)ccc1Cl. The fourth-order valence-electron chi connectivity index (χ4n) is 3.49. The summed E-state index contributed by atoms with van der Waals surface area (Å²) >= 11 is 6.18. The lowest BCUT2D eigenvalue weighted by atomic mass is 10.2. The molecular weight excluding hydrogens is 471 g/mol. The van der Waals surface area contributed by atoms with Crippen LogP contribution in [0.3, 0.4) is 0 Å². The maximum Gasteiger partial charge on any atom is 0.338 e. The molecule has 1 heterocycles. The minimum Gasteiger partial charge on any atom is -0.449 e. The van der Waals surface area contributed by atoms with Gasteiger partial charge in [-0.15, -0.1) is 6.58 Å².